The number of hydrogen-bond donors (Lipinski definition) is 1. The second-order valence-corrected chi connectivity index (χ2v) is 5.22. The van der Waals surface area contributed by atoms with Crippen LogP contribution in [0.4, 0.5) is 4.39 Å². The van der Waals surface area contributed by atoms with Crippen LogP contribution in [0.3, 0.4) is 0 Å². The zero-order chi connectivity index (χ0) is 12.8. The number of rotatable bonds is 1. The summed E-state index contributed by atoms with van der Waals surface area (Å²) in [5.74, 6) is 0.360. The van der Waals surface area contributed by atoms with Crippen molar-refractivity contribution in [1.29, 1.82) is 0 Å². The molecule has 98 valence electrons. The van der Waals surface area contributed by atoms with Gasteiger partial charge in [-0.25, -0.2) is 4.39 Å². The average molecular weight is 252 g/mol. The van der Waals surface area contributed by atoms with Gasteiger partial charge in [-0.3, -0.25) is 0 Å². The molecule has 3 rings (SSSR count). The molecule has 2 heterocycles. The van der Waals surface area contributed by atoms with Crippen LogP contribution in [0.5, 0.6) is 5.75 Å². The molecular formula is C14H17FO3. The molecule has 0 saturated carbocycles. The molecule has 2 unspecified atom stereocenters. The first-order chi connectivity index (χ1) is 8.69. The monoisotopic (exact) mass is 252 g/mol. The number of ether oxygens (including phenoxy) is 2. The molecule has 2 aliphatic rings. The molecule has 1 saturated heterocycles. The van der Waals surface area contributed by atoms with Crippen LogP contribution in [0.25, 0.3) is 0 Å². The van der Waals surface area contributed by atoms with Gasteiger partial charge in [0.05, 0.1) is 19.8 Å². The highest BCUT2D eigenvalue weighted by molar-refractivity contribution is 5.48. The topological polar surface area (TPSA) is 38.7 Å². The Balaban J connectivity index is 2.21. The van der Waals surface area contributed by atoms with E-state index in [2.05, 4.69) is 0 Å². The number of benzene rings is 1. The fraction of sp³-hybridized carbons (Fsp3) is 0.571. The van der Waals surface area contributed by atoms with E-state index >= 15 is 0 Å². The fourth-order valence-electron chi connectivity index (χ4n) is 3.16. The quantitative estimate of drug-likeness (QED) is 0.828. The highest BCUT2D eigenvalue weighted by Crippen LogP contribution is 2.48. The Morgan fingerprint density at radius 1 is 1.44 bits per heavy atom. The van der Waals surface area contributed by atoms with Crippen LogP contribution in [0.1, 0.15) is 17.5 Å². The van der Waals surface area contributed by atoms with Crippen LogP contribution in [0.15, 0.2) is 12.1 Å². The van der Waals surface area contributed by atoms with Gasteiger partial charge >= 0.3 is 0 Å². The number of fused-ring (bicyclic) bond motifs is 3. The summed E-state index contributed by atoms with van der Waals surface area (Å²) in [5.41, 5.74) is 0.927. The molecule has 3 nitrogen and oxygen atoms in total. The lowest BCUT2D eigenvalue weighted by atomic mass is 9.66. The molecule has 0 aromatic heterocycles. The molecule has 0 radical (unpaired) electrons. The molecule has 0 spiro atoms. The van der Waals surface area contributed by atoms with Gasteiger partial charge in [0.15, 0.2) is 0 Å². The van der Waals surface area contributed by atoms with E-state index < -0.39 is 5.41 Å². The Morgan fingerprint density at radius 2 is 2.28 bits per heavy atom. The van der Waals surface area contributed by atoms with Crippen molar-refractivity contribution in [3.63, 3.8) is 0 Å². The van der Waals surface area contributed by atoms with Crippen molar-refractivity contribution in [3.8, 4) is 5.75 Å². The number of aliphatic hydroxyl groups excluding tert-OH is 1. The Bertz CT molecular complexity index is 474. The molecule has 1 aromatic carbocycles. The van der Waals surface area contributed by atoms with E-state index in [4.69, 9.17) is 9.47 Å². The second-order valence-electron chi connectivity index (χ2n) is 5.22. The van der Waals surface area contributed by atoms with Gasteiger partial charge in [0.2, 0.25) is 0 Å². The normalized spacial score (nSPS) is 30.3. The maximum atomic E-state index is 14.2. The minimum atomic E-state index is -0.540. The van der Waals surface area contributed by atoms with Crippen molar-refractivity contribution in [2.24, 2.45) is 5.92 Å². The van der Waals surface area contributed by atoms with E-state index in [0.717, 1.165) is 5.56 Å². The van der Waals surface area contributed by atoms with Gasteiger partial charge in [0.25, 0.3) is 0 Å². The van der Waals surface area contributed by atoms with Gasteiger partial charge in [-0.15, -0.1) is 0 Å². The Labute approximate surface area is 106 Å². The molecule has 4 heteroatoms. The molecule has 0 amide bonds. The van der Waals surface area contributed by atoms with Crippen LogP contribution in [-0.4, -0.2) is 31.5 Å². The van der Waals surface area contributed by atoms with Gasteiger partial charge in [-0.2, -0.15) is 0 Å². The summed E-state index contributed by atoms with van der Waals surface area (Å²) in [4.78, 5) is 0. The summed E-state index contributed by atoms with van der Waals surface area (Å²) in [5, 5.41) is 9.86. The van der Waals surface area contributed by atoms with Crippen molar-refractivity contribution in [3.05, 3.63) is 29.1 Å². The predicted molar refractivity (Wildman–Crippen MR) is 64.3 cm³/mol. The minimum Gasteiger partial charge on any atom is -0.492 e. The van der Waals surface area contributed by atoms with Gasteiger partial charge in [0, 0.05) is 23.5 Å². The van der Waals surface area contributed by atoms with Gasteiger partial charge < -0.3 is 14.6 Å². The second kappa shape index (κ2) is 4.21. The number of halogens is 1. The lowest BCUT2D eigenvalue weighted by Gasteiger charge is -2.47. The molecule has 18 heavy (non-hydrogen) atoms. The predicted octanol–water partition coefficient (Wildman–Crippen LogP) is 1.79. The summed E-state index contributed by atoms with van der Waals surface area (Å²) in [6.07, 6.45) is 0.644. The zero-order valence-electron chi connectivity index (χ0n) is 10.4. The van der Waals surface area contributed by atoms with E-state index in [1.54, 1.807) is 6.07 Å². The zero-order valence-corrected chi connectivity index (χ0v) is 10.4. The Morgan fingerprint density at radius 3 is 3.06 bits per heavy atom. The third kappa shape index (κ3) is 1.49. The molecule has 1 aromatic rings. The molecule has 0 bridgehead atoms. The van der Waals surface area contributed by atoms with Crippen molar-refractivity contribution in [1.82, 2.24) is 0 Å². The van der Waals surface area contributed by atoms with Crippen LogP contribution in [0, 0.1) is 18.7 Å². The average Bonchev–Trinajstić information content (AvgIpc) is 2.42. The van der Waals surface area contributed by atoms with E-state index in [1.807, 2.05) is 6.92 Å². The molecule has 0 aliphatic carbocycles. The summed E-state index contributed by atoms with van der Waals surface area (Å²) < 4.78 is 25.4. The largest absolute Gasteiger partial charge is 0.492 e. The van der Waals surface area contributed by atoms with Gasteiger partial charge in [0.1, 0.15) is 11.6 Å². The first-order valence-corrected chi connectivity index (χ1v) is 6.30. The minimum absolute atomic E-state index is 0.0278. The van der Waals surface area contributed by atoms with Crippen molar-refractivity contribution >= 4 is 0 Å². The summed E-state index contributed by atoms with van der Waals surface area (Å²) >= 11 is 0. The Hall–Kier alpha value is -1.13. The van der Waals surface area contributed by atoms with Crippen molar-refractivity contribution in [2.45, 2.75) is 18.8 Å². The fourth-order valence-corrected chi connectivity index (χ4v) is 3.16. The first-order valence-electron chi connectivity index (χ1n) is 6.30. The van der Waals surface area contributed by atoms with Crippen LogP contribution in [-0.2, 0) is 10.2 Å². The standard InChI is InChI=1S/C14H17FO3/c1-9-2-3-11(15)12-13(9)18-7-10-6-17-5-4-14(10,12)8-16/h2-3,10,16H,4-8H2,1H3. The van der Waals surface area contributed by atoms with Crippen LogP contribution < -0.4 is 4.74 Å². The van der Waals surface area contributed by atoms with Crippen molar-refractivity contribution in [2.75, 3.05) is 26.4 Å². The maximum absolute atomic E-state index is 14.2. The first kappa shape index (κ1) is 11.9. The van der Waals surface area contributed by atoms with E-state index in [0.29, 0.717) is 37.6 Å². The molecule has 2 aliphatic heterocycles. The number of aliphatic hydroxyl groups is 1. The van der Waals surface area contributed by atoms with E-state index in [-0.39, 0.29) is 18.3 Å². The number of aryl methyl sites for hydroxylation is 1. The third-order valence-electron chi connectivity index (χ3n) is 4.31. The summed E-state index contributed by atoms with van der Waals surface area (Å²) in [6.45, 7) is 3.41. The molecule has 2 atom stereocenters. The SMILES string of the molecule is Cc1ccc(F)c2c1OCC1COCCC21CO. The summed E-state index contributed by atoms with van der Waals surface area (Å²) in [7, 11) is 0. The van der Waals surface area contributed by atoms with E-state index in [9.17, 15) is 9.50 Å². The molecule has 1 fully saturated rings. The van der Waals surface area contributed by atoms with Gasteiger partial charge in [-0.1, -0.05) is 6.07 Å². The maximum Gasteiger partial charge on any atom is 0.130 e. The molecule has 1 N–H and O–H groups in total. The Kier molecular flexibility index (Phi) is 2.79. The van der Waals surface area contributed by atoms with Gasteiger partial charge in [-0.05, 0) is 25.0 Å². The molecular weight excluding hydrogens is 235 g/mol. The smallest absolute Gasteiger partial charge is 0.130 e. The highest BCUT2D eigenvalue weighted by Gasteiger charge is 2.49. The summed E-state index contributed by atoms with van der Waals surface area (Å²) in [6, 6.07) is 3.19. The van der Waals surface area contributed by atoms with Crippen LogP contribution in [0.2, 0.25) is 0 Å². The third-order valence-corrected chi connectivity index (χ3v) is 4.31. The van der Waals surface area contributed by atoms with Crippen molar-refractivity contribution < 1.29 is 19.0 Å². The lowest BCUT2D eigenvalue weighted by Crippen LogP contribution is -2.51. The van der Waals surface area contributed by atoms with Crippen LogP contribution >= 0.6 is 0 Å². The lowest BCUT2D eigenvalue weighted by molar-refractivity contribution is -0.0545. The number of hydrogen-bond acceptors (Lipinski definition) is 3. The van der Waals surface area contributed by atoms with E-state index in [1.165, 1.54) is 6.07 Å². The highest BCUT2D eigenvalue weighted by atomic mass is 19.1.